The van der Waals surface area contributed by atoms with Crippen molar-refractivity contribution in [2.24, 2.45) is 0 Å². The molecular weight excluding hydrogens is 418 g/mol. The maximum Gasteiger partial charge on any atom is 0.203 e. The molecule has 0 spiro atoms. The lowest BCUT2D eigenvalue weighted by atomic mass is 10.1. The number of nitrogens with zero attached hydrogens (tertiary/aromatic N) is 2. The number of rotatable bonds is 6. The fraction of sp³-hybridized carbons (Fsp3) is 0.130. The molecule has 1 N–H and O–H groups in total. The quantitative estimate of drug-likeness (QED) is 0.435. The first-order valence-electron chi connectivity index (χ1n) is 9.48. The summed E-state index contributed by atoms with van der Waals surface area (Å²) in [4.78, 5) is 9.06. The van der Waals surface area contributed by atoms with Crippen LogP contribution < -0.4 is 5.32 Å². The third-order valence-corrected chi connectivity index (χ3v) is 6.60. The number of anilines is 1. The highest BCUT2D eigenvalue weighted by Gasteiger charge is 2.25. The Morgan fingerprint density at radius 1 is 0.867 bits per heavy atom. The van der Waals surface area contributed by atoms with E-state index in [9.17, 15) is 8.42 Å². The van der Waals surface area contributed by atoms with Gasteiger partial charge in [-0.25, -0.2) is 18.4 Å². The molecule has 1 atom stereocenters. The molecule has 4 aromatic rings. The number of benzene rings is 3. The van der Waals surface area contributed by atoms with Crippen molar-refractivity contribution in [3.63, 3.8) is 0 Å². The lowest BCUT2D eigenvalue weighted by Gasteiger charge is -2.18. The number of para-hydroxylation sites is 2. The van der Waals surface area contributed by atoms with Gasteiger partial charge in [-0.05, 0) is 42.3 Å². The summed E-state index contributed by atoms with van der Waals surface area (Å²) in [5.41, 5.74) is 2.82. The van der Waals surface area contributed by atoms with Gasteiger partial charge in [-0.15, -0.1) is 0 Å². The second kappa shape index (κ2) is 8.42. The van der Waals surface area contributed by atoms with Gasteiger partial charge in [-0.2, -0.15) is 0 Å². The molecule has 0 fully saturated rings. The van der Waals surface area contributed by atoms with E-state index in [1.807, 2.05) is 55.5 Å². The van der Waals surface area contributed by atoms with Crippen LogP contribution in [0.5, 0.6) is 0 Å². The maximum absolute atomic E-state index is 13.3. The van der Waals surface area contributed by atoms with E-state index >= 15 is 0 Å². The summed E-state index contributed by atoms with van der Waals surface area (Å²) in [6.07, 6.45) is 0. The molecule has 0 aliphatic heterocycles. The largest absolute Gasteiger partial charge is 0.361 e. The van der Waals surface area contributed by atoms with E-state index in [0.29, 0.717) is 21.6 Å². The van der Waals surface area contributed by atoms with Crippen molar-refractivity contribution >= 4 is 38.3 Å². The average molecular weight is 438 g/mol. The van der Waals surface area contributed by atoms with Gasteiger partial charge in [0.2, 0.25) is 9.84 Å². The van der Waals surface area contributed by atoms with Gasteiger partial charge in [0, 0.05) is 5.02 Å². The summed E-state index contributed by atoms with van der Waals surface area (Å²) in [6.45, 7) is 1.96. The number of hydrogen-bond donors (Lipinski definition) is 1. The highest BCUT2D eigenvalue weighted by molar-refractivity contribution is 7.90. The monoisotopic (exact) mass is 437 g/mol. The fourth-order valence-electron chi connectivity index (χ4n) is 3.19. The molecule has 3 aromatic carbocycles. The molecule has 0 saturated heterocycles. The van der Waals surface area contributed by atoms with Crippen molar-refractivity contribution in [1.29, 1.82) is 0 Å². The summed E-state index contributed by atoms with van der Waals surface area (Å²) in [6, 6.07) is 23.6. The van der Waals surface area contributed by atoms with E-state index in [4.69, 9.17) is 11.6 Å². The minimum Gasteiger partial charge on any atom is -0.361 e. The van der Waals surface area contributed by atoms with Gasteiger partial charge < -0.3 is 5.32 Å². The normalized spacial score (nSPS) is 12.6. The standard InChI is InChI=1S/C23H20ClN3O2S/c1-16(18-7-3-2-4-8-18)25-22-23(27-21-10-6-5-9-20(21)26-22)30(28,29)15-17-11-13-19(24)14-12-17/h2-14,16H,15H2,1H3,(H,25,26)/t16-/m1/s1. The zero-order valence-electron chi connectivity index (χ0n) is 16.3. The number of halogens is 1. The molecule has 30 heavy (non-hydrogen) atoms. The van der Waals surface area contributed by atoms with Crippen LogP contribution in [0, 0.1) is 0 Å². The first-order valence-corrected chi connectivity index (χ1v) is 11.5. The van der Waals surface area contributed by atoms with Crippen LogP contribution in [-0.2, 0) is 15.6 Å². The Kier molecular flexibility index (Phi) is 5.70. The average Bonchev–Trinajstić information content (AvgIpc) is 2.75. The minimum atomic E-state index is -3.76. The summed E-state index contributed by atoms with van der Waals surface area (Å²) < 4.78 is 26.6. The molecule has 0 aliphatic rings. The van der Waals surface area contributed by atoms with E-state index in [0.717, 1.165) is 5.56 Å². The highest BCUT2D eigenvalue weighted by Crippen LogP contribution is 2.28. The first kappa shape index (κ1) is 20.3. The molecule has 0 saturated carbocycles. The van der Waals surface area contributed by atoms with Crippen LogP contribution in [0.4, 0.5) is 5.82 Å². The molecular formula is C23H20ClN3O2S. The molecule has 0 aliphatic carbocycles. The van der Waals surface area contributed by atoms with Gasteiger partial charge in [0.15, 0.2) is 10.8 Å². The van der Waals surface area contributed by atoms with E-state index < -0.39 is 9.84 Å². The van der Waals surface area contributed by atoms with Gasteiger partial charge in [0.05, 0.1) is 22.8 Å². The molecule has 0 radical (unpaired) electrons. The van der Waals surface area contributed by atoms with Crippen molar-refractivity contribution < 1.29 is 8.42 Å². The predicted octanol–water partition coefficient (Wildman–Crippen LogP) is 5.43. The van der Waals surface area contributed by atoms with E-state index in [2.05, 4.69) is 15.3 Å². The third-order valence-electron chi connectivity index (χ3n) is 4.76. The van der Waals surface area contributed by atoms with Gasteiger partial charge in [0.25, 0.3) is 0 Å². The Morgan fingerprint density at radius 3 is 2.13 bits per heavy atom. The zero-order chi connectivity index (χ0) is 21.1. The molecule has 0 unspecified atom stereocenters. The summed E-state index contributed by atoms with van der Waals surface area (Å²) in [5.74, 6) is 0.0602. The van der Waals surface area contributed by atoms with E-state index in [-0.39, 0.29) is 22.6 Å². The van der Waals surface area contributed by atoms with Crippen molar-refractivity contribution in [2.45, 2.75) is 23.7 Å². The van der Waals surface area contributed by atoms with Gasteiger partial charge in [-0.3, -0.25) is 0 Å². The molecule has 5 nitrogen and oxygen atoms in total. The van der Waals surface area contributed by atoms with Crippen LogP contribution in [0.1, 0.15) is 24.1 Å². The molecule has 0 amide bonds. The molecule has 1 aromatic heterocycles. The van der Waals surface area contributed by atoms with Gasteiger partial charge in [0.1, 0.15) is 0 Å². The number of fused-ring (bicyclic) bond motifs is 1. The molecule has 7 heteroatoms. The minimum absolute atomic E-state index is 0.0565. The molecule has 152 valence electrons. The number of hydrogen-bond acceptors (Lipinski definition) is 5. The van der Waals surface area contributed by atoms with Crippen molar-refractivity contribution in [2.75, 3.05) is 5.32 Å². The van der Waals surface area contributed by atoms with Crippen molar-refractivity contribution in [3.8, 4) is 0 Å². The Morgan fingerprint density at radius 2 is 1.47 bits per heavy atom. The SMILES string of the molecule is C[C@@H](Nc1nc2ccccc2nc1S(=O)(=O)Cc1ccc(Cl)cc1)c1ccccc1. The maximum atomic E-state index is 13.3. The molecule has 1 heterocycles. The topological polar surface area (TPSA) is 72.0 Å². The van der Waals surface area contributed by atoms with Gasteiger partial charge >= 0.3 is 0 Å². The second-order valence-electron chi connectivity index (χ2n) is 7.03. The Bertz CT molecular complexity index is 1280. The van der Waals surface area contributed by atoms with E-state index in [1.165, 1.54) is 0 Å². The van der Waals surface area contributed by atoms with Crippen LogP contribution in [0.25, 0.3) is 11.0 Å². The van der Waals surface area contributed by atoms with Gasteiger partial charge in [-0.1, -0.05) is 66.2 Å². The number of aromatic nitrogens is 2. The Balaban J connectivity index is 1.76. The smallest absolute Gasteiger partial charge is 0.203 e. The van der Waals surface area contributed by atoms with Crippen molar-refractivity contribution in [1.82, 2.24) is 9.97 Å². The van der Waals surface area contributed by atoms with Crippen molar-refractivity contribution in [3.05, 3.63) is 95.0 Å². The lowest BCUT2D eigenvalue weighted by molar-refractivity contribution is 0.591. The Labute approximate surface area is 180 Å². The third kappa shape index (κ3) is 4.45. The summed E-state index contributed by atoms with van der Waals surface area (Å²) in [7, 11) is -3.76. The van der Waals surface area contributed by atoms with Crippen LogP contribution in [-0.4, -0.2) is 18.4 Å². The van der Waals surface area contributed by atoms with E-state index in [1.54, 1.807) is 30.3 Å². The number of sulfone groups is 1. The van der Waals surface area contributed by atoms with Crippen LogP contribution in [0.15, 0.2) is 83.9 Å². The lowest BCUT2D eigenvalue weighted by Crippen LogP contribution is -2.15. The molecule has 4 rings (SSSR count). The number of nitrogens with one attached hydrogen (secondary N) is 1. The fourth-order valence-corrected chi connectivity index (χ4v) is 4.72. The summed E-state index contributed by atoms with van der Waals surface area (Å²) in [5, 5.41) is 3.75. The second-order valence-corrected chi connectivity index (χ2v) is 9.37. The van der Waals surface area contributed by atoms with Crippen LogP contribution in [0.2, 0.25) is 5.02 Å². The first-order chi connectivity index (χ1) is 14.4. The zero-order valence-corrected chi connectivity index (χ0v) is 17.9. The van der Waals surface area contributed by atoms with Crippen LogP contribution in [0.3, 0.4) is 0 Å². The Hall–Kier alpha value is -2.96. The predicted molar refractivity (Wildman–Crippen MR) is 120 cm³/mol. The highest BCUT2D eigenvalue weighted by atomic mass is 35.5. The van der Waals surface area contributed by atoms with Crippen LogP contribution >= 0.6 is 11.6 Å². The molecule has 0 bridgehead atoms. The summed E-state index contributed by atoms with van der Waals surface area (Å²) >= 11 is 5.92.